The molecule has 8 nitrogen and oxygen atoms in total. The Balaban J connectivity index is 1.81. The largest absolute Gasteiger partial charge is 0.455 e. The number of aryl methyl sites for hydroxylation is 1. The maximum Gasteiger partial charge on any atom is 0.387 e. The van der Waals surface area contributed by atoms with E-state index in [1.807, 2.05) is 0 Å². The second-order valence-electron chi connectivity index (χ2n) is 5.87. The molecular formula is C18H17ClF2N2O6S. The van der Waals surface area contributed by atoms with E-state index in [1.165, 1.54) is 24.3 Å². The molecule has 30 heavy (non-hydrogen) atoms. The van der Waals surface area contributed by atoms with Crippen molar-refractivity contribution >= 4 is 39.2 Å². The molecule has 0 heterocycles. The van der Waals surface area contributed by atoms with Gasteiger partial charge in [-0.1, -0.05) is 29.3 Å². The molecule has 2 aromatic rings. The van der Waals surface area contributed by atoms with Crippen LogP contribution in [0.25, 0.3) is 0 Å². The summed E-state index contributed by atoms with van der Waals surface area (Å²) < 4.78 is 59.5. The molecule has 2 aromatic carbocycles. The van der Waals surface area contributed by atoms with Crippen molar-refractivity contribution in [2.24, 2.45) is 0 Å². The van der Waals surface area contributed by atoms with Gasteiger partial charge in [-0.25, -0.2) is 8.42 Å². The van der Waals surface area contributed by atoms with Crippen LogP contribution in [0, 0.1) is 6.92 Å². The molecule has 12 heteroatoms. The van der Waals surface area contributed by atoms with Crippen molar-refractivity contribution in [1.82, 2.24) is 4.72 Å². The number of anilines is 1. The van der Waals surface area contributed by atoms with Gasteiger partial charge in [-0.2, -0.15) is 13.5 Å². The van der Waals surface area contributed by atoms with Gasteiger partial charge in [0.25, 0.3) is 5.91 Å². The van der Waals surface area contributed by atoms with Crippen LogP contribution in [-0.2, 0) is 24.3 Å². The first-order valence-electron chi connectivity index (χ1n) is 8.33. The predicted molar refractivity (Wildman–Crippen MR) is 104 cm³/mol. The standard InChI is InChI=1S/C18H17ClF2N2O6S/c1-11-2-5-13(6-3-11)30(26,27)22-9-17(25)28-10-16(24)23-12-4-7-15(14(19)8-12)29-18(20)21/h2-8,18,22H,9-10H2,1H3,(H,23,24). The highest BCUT2D eigenvalue weighted by Gasteiger charge is 2.17. The van der Waals surface area contributed by atoms with Crippen LogP contribution in [0.1, 0.15) is 5.56 Å². The van der Waals surface area contributed by atoms with E-state index in [0.29, 0.717) is 0 Å². The Morgan fingerprint density at radius 2 is 1.80 bits per heavy atom. The number of hydrogen-bond donors (Lipinski definition) is 2. The molecule has 0 saturated heterocycles. The summed E-state index contributed by atoms with van der Waals surface area (Å²) in [6.45, 7) is -2.62. The van der Waals surface area contributed by atoms with Gasteiger partial charge in [0.05, 0.1) is 9.92 Å². The van der Waals surface area contributed by atoms with Crippen molar-refractivity contribution in [2.45, 2.75) is 18.4 Å². The summed E-state index contributed by atoms with van der Waals surface area (Å²) >= 11 is 5.77. The number of nitrogens with one attached hydrogen (secondary N) is 2. The Kier molecular flexibility index (Phi) is 8.09. The molecule has 0 aliphatic heterocycles. The van der Waals surface area contributed by atoms with Crippen molar-refractivity contribution in [1.29, 1.82) is 0 Å². The number of benzene rings is 2. The zero-order valence-electron chi connectivity index (χ0n) is 15.5. The van der Waals surface area contributed by atoms with Crippen molar-refractivity contribution < 1.29 is 36.3 Å². The van der Waals surface area contributed by atoms with Gasteiger partial charge in [-0.05, 0) is 37.3 Å². The molecule has 0 saturated carbocycles. The van der Waals surface area contributed by atoms with Gasteiger partial charge in [-0.15, -0.1) is 0 Å². The molecule has 1 amide bonds. The van der Waals surface area contributed by atoms with Crippen molar-refractivity contribution in [2.75, 3.05) is 18.5 Å². The van der Waals surface area contributed by atoms with E-state index in [-0.39, 0.29) is 21.4 Å². The molecular weight excluding hydrogens is 446 g/mol. The molecule has 0 unspecified atom stereocenters. The maximum absolute atomic E-state index is 12.2. The minimum Gasteiger partial charge on any atom is -0.455 e. The minimum absolute atomic E-state index is 0.0187. The third-order valence-corrected chi connectivity index (χ3v) is 5.25. The summed E-state index contributed by atoms with van der Waals surface area (Å²) in [6.07, 6.45) is 0. The molecule has 0 aliphatic carbocycles. The lowest BCUT2D eigenvalue weighted by molar-refractivity contribution is -0.146. The second kappa shape index (κ2) is 10.3. The van der Waals surface area contributed by atoms with E-state index in [2.05, 4.69) is 14.8 Å². The average molecular weight is 463 g/mol. The Hall–Kier alpha value is -2.76. The monoisotopic (exact) mass is 462 g/mol. The normalized spacial score (nSPS) is 11.2. The summed E-state index contributed by atoms with van der Waals surface area (Å²) in [5, 5.41) is 2.18. The lowest BCUT2D eigenvalue weighted by atomic mass is 10.2. The number of esters is 1. The number of rotatable bonds is 9. The number of carbonyl (C=O) groups excluding carboxylic acids is 2. The number of ether oxygens (including phenoxy) is 2. The molecule has 0 bridgehead atoms. The fourth-order valence-corrected chi connectivity index (χ4v) is 3.31. The average Bonchev–Trinajstić information content (AvgIpc) is 2.67. The highest BCUT2D eigenvalue weighted by Crippen LogP contribution is 2.28. The summed E-state index contributed by atoms with van der Waals surface area (Å²) in [7, 11) is -3.91. The predicted octanol–water partition coefficient (Wildman–Crippen LogP) is 2.71. The van der Waals surface area contributed by atoms with E-state index >= 15 is 0 Å². The smallest absolute Gasteiger partial charge is 0.387 e. The first-order valence-corrected chi connectivity index (χ1v) is 10.2. The van der Waals surface area contributed by atoms with E-state index < -0.39 is 41.7 Å². The van der Waals surface area contributed by atoms with Gasteiger partial charge in [0, 0.05) is 5.69 Å². The lowest BCUT2D eigenvalue weighted by Crippen LogP contribution is -2.32. The molecule has 2 N–H and O–H groups in total. The summed E-state index contributed by atoms with van der Waals surface area (Å²) in [5.74, 6) is -1.99. The molecule has 0 fully saturated rings. The fourth-order valence-electron chi connectivity index (χ4n) is 2.12. The van der Waals surface area contributed by atoms with Crippen LogP contribution in [-0.4, -0.2) is 40.1 Å². The third kappa shape index (κ3) is 7.25. The number of carbonyl (C=O) groups is 2. The molecule has 0 radical (unpaired) electrons. The topological polar surface area (TPSA) is 111 Å². The molecule has 162 valence electrons. The maximum atomic E-state index is 12.2. The molecule has 0 aromatic heterocycles. The number of halogens is 3. The highest BCUT2D eigenvalue weighted by atomic mass is 35.5. The minimum atomic E-state index is -3.91. The first-order chi connectivity index (χ1) is 14.1. The van der Waals surface area contributed by atoms with E-state index in [4.69, 9.17) is 16.3 Å². The van der Waals surface area contributed by atoms with Crippen LogP contribution in [0.2, 0.25) is 5.02 Å². The van der Waals surface area contributed by atoms with Crippen molar-refractivity contribution in [3.8, 4) is 5.75 Å². The number of alkyl halides is 2. The van der Waals surface area contributed by atoms with Gasteiger partial charge < -0.3 is 14.8 Å². The van der Waals surface area contributed by atoms with E-state index in [9.17, 15) is 26.8 Å². The van der Waals surface area contributed by atoms with E-state index in [1.54, 1.807) is 19.1 Å². The quantitative estimate of drug-likeness (QED) is 0.554. The lowest BCUT2D eigenvalue weighted by Gasteiger charge is -2.10. The molecule has 0 aliphatic rings. The van der Waals surface area contributed by atoms with Gasteiger partial charge in [0.15, 0.2) is 6.61 Å². The molecule has 0 atom stereocenters. The van der Waals surface area contributed by atoms with Gasteiger partial charge in [-0.3, -0.25) is 9.59 Å². The SMILES string of the molecule is Cc1ccc(S(=O)(=O)NCC(=O)OCC(=O)Nc2ccc(OC(F)F)c(Cl)c2)cc1. The van der Waals surface area contributed by atoms with Crippen LogP contribution in [0.3, 0.4) is 0 Å². The van der Waals surface area contributed by atoms with Crippen LogP contribution < -0.4 is 14.8 Å². The number of amides is 1. The molecule has 0 spiro atoms. The van der Waals surface area contributed by atoms with Crippen molar-refractivity contribution in [3.05, 3.63) is 53.1 Å². The van der Waals surface area contributed by atoms with Crippen LogP contribution >= 0.6 is 11.6 Å². The summed E-state index contributed by atoms with van der Waals surface area (Å²) in [5.41, 5.74) is 1.03. The zero-order valence-corrected chi connectivity index (χ0v) is 17.1. The zero-order chi connectivity index (χ0) is 22.3. The Bertz CT molecular complexity index is 1020. The Morgan fingerprint density at radius 3 is 2.40 bits per heavy atom. The van der Waals surface area contributed by atoms with Crippen LogP contribution in [0.15, 0.2) is 47.4 Å². The van der Waals surface area contributed by atoms with Crippen LogP contribution in [0.4, 0.5) is 14.5 Å². The fraction of sp³-hybridized carbons (Fsp3) is 0.222. The summed E-state index contributed by atoms with van der Waals surface area (Å²) in [4.78, 5) is 23.5. The Labute approximate surface area is 176 Å². The van der Waals surface area contributed by atoms with Gasteiger partial charge in [0.2, 0.25) is 10.0 Å². The van der Waals surface area contributed by atoms with Crippen molar-refractivity contribution in [3.63, 3.8) is 0 Å². The first kappa shape index (κ1) is 23.5. The summed E-state index contributed by atoms with van der Waals surface area (Å²) in [6, 6.07) is 9.56. The third-order valence-electron chi connectivity index (χ3n) is 3.53. The Morgan fingerprint density at radius 1 is 1.13 bits per heavy atom. The van der Waals surface area contributed by atoms with Gasteiger partial charge >= 0.3 is 12.6 Å². The number of hydrogen-bond acceptors (Lipinski definition) is 6. The van der Waals surface area contributed by atoms with E-state index in [0.717, 1.165) is 11.6 Å². The second-order valence-corrected chi connectivity index (χ2v) is 8.04. The highest BCUT2D eigenvalue weighted by molar-refractivity contribution is 7.89. The van der Waals surface area contributed by atoms with Crippen LogP contribution in [0.5, 0.6) is 5.75 Å². The molecule has 2 rings (SSSR count). The van der Waals surface area contributed by atoms with Gasteiger partial charge in [0.1, 0.15) is 12.3 Å². The number of sulfonamides is 1.